The van der Waals surface area contributed by atoms with Crippen LogP contribution in [0.25, 0.3) is 10.6 Å². The van der Waals surface area contributed by atoms with E-state index in [1.165, 1.54) is 17.5 Å². The van der Waals surface area contributed by atoms with Crippen LogP contribution in [-0.2, 0) is 13.1 Å². The Morgan fingerprint density at radius 1 is 1.17 bits per heavy atom. The van der Waals surface area contributed by atoms with Crippen molar-refractivity contribution in [3.63, 3.8) is 0 Å². The summed E-state index contributed by atoms with van der Waals surface area (Å²) < 4.78 is 1.75. The molecule has 8 heteroatoms. The molecule has 0 fully saturated rings. The lowest BCUT2D eigenvalue weighted by Crippen LogP contribution is -2.34. The maximum atomic E-state index is 11.3. The van der Waals surface area contributed by atoms with Crippen molar-refractivity contribution in [2.45, 2.75) is 13.1 Å². The summed E-state index contributed by atoms with van der Waals surface area (Å²) in [4.78, 5) is 13.3. The highest BCUT2D eigenvalue weighted by Crippen LogP contribution is 2.30. The predicted octanol–water partition coefficient (Wildman–Crippen LogP) is 2.12. The van der Waals surface area contributed by atoms with Gasteiger partial charge in [0.2, 0.25) is 5.13 Å². The minimum atomic E-state index is -0.949. The molecule has 3 aromatic rings. The summed E-state index contributed by atoms with van der Waals surface area (Å²) in [6.07, 6.45) is 1.41. The van der Waals surface area contributed by atoms with Crippen LogP contribution in [0.3, 0.4) is 0 Å². The van der Waals surface area contributed by atoms with Crippen LogP contribution in [0.15, 0.2) is 36.5 Å². The van der Waals surface area contributed by atoms with Gasteiger partial charge in [-0.15, -0.1) is 10.2 Å². The number of benzene rings is 1. The SMILES string of the molecule is O=C(O)c1cnn2c1CN(c1nnc(-c3ccccc3)s1)CC2. The maximum absolute atomic E-state index is 11.3. The number of fused-ring (bicyclic) bond motifs is 1. The number of hydrogen-bond donors (Lipinski definition) is 1. The number of nitrogens with zero attached hydrogens (tertiary/aromatic N) is 5. The van der Waals surface area contributed by atoms with Gasteiger partial charge in [0.1, 0.15) is 10.6 Å². The average Bonchev–Trinajstić information content (AvgIpc) is 3.22. The van der Waals surface area contributed by atoms with E-state index in [-0.39, 0.29) is 5.56 Å². The molecule has 3 heterocycles. The zero-order valence-corrected chi connectivity index (χ0v) is 12.9. The summed E-state index contributed by atoms with van der Waals surface area (Å²) in [5.41, 5.74) is 1.99. The zero-order valence-electron chi connectivity index (χ0n) is 12.1. The van der Waals surface area contributed by atoms with Crippen LogP contribution in [0.1, 0.15) is 16.1 Å². The molecule has 1 aliphatic heterocycles. The van der Waals surface area contributed by atoms with E-state index in [0.717, 1.165) is 22.2 Å². The lowest BCUT2D eigenvalue weighted by Gasteiger charge is -2.27. The Morgan fingerprint density at radius 3 is 2.78 bits per heavy atom. The third-order valence-electron chi connectivity index (χ3n) is 3.81. The van der Waals surface area contributed by atoms with Crippen molar-refractivity contribution in [1.29, 1.82) is 0 Å². The molecule has 0 unspecified atom stereocenters. The van der Waals surface area contributed by atoms with Crippen molar-refractivity contribution in [2.75, 3.05) is 11.4 Å². The van der Waals surface area contributed by atoms with Crippen molar-refractivity contribution < 1.29 is 9.90 Å². The van der Waals surface area contributed by atoms with Gasteiger partial charge < -0.3 is 10.0 Å². The first-order valence-electron chi connectivity index (χ1n) is 7.14. The van der Waals surface area contributed by atoms with Crippen LogP contribution in [0.4, 0.5) is 5.13 Å². The summed E-state index contributed by atoms with van der Waals surface area (Å²) in [5, 5.41) is 23.6. The zero-order chi connectivity index (χ0) is 15.8. The maximum Gasteiger partial charge on any atom is 0.339 e. The Morgan fingerprint density at radius 2 is 2.00 bits per heavy atom. The molecule has 23 heavy (non-hydrogen) atoms. The van der Waals surface area contributed by atoms with Gasteiger partial charge in [0.05, 0.1) is 25.0 Å². The van der Waals surface area contributed by atoms with Gasteiger partial charge in [-0.3, -0.25) is 4.68 Å². The van der Waals surface area contributed by atoms with E-state index in [4.69, 9.17) is 0 Å². The van der Waals surface area contributed by atoms with Crippen LogP contribution in [-0.4, -0.2) is 37.6 Å². The van der Waals surface area contributed by atoms with Gasteiger partial charge in [0.25, 0.3) is 0 Å². The number of aromatic nitrogens is 4. The topological polar surface area (TPSA) is 84.1 Å². The van der Waals surface area contributed by atoms with Crippen LogP contribution < -0.4 is 4.90 Å². The van der Waals surface area contributed by atoms with Crippen LogP contribution in [0.5, 0.6) is 0 Å². The van der Waals surface area contributed by atoms with Crippen LogP contribution in [0.2, 0.25) is 0 Å². The molecule has 1 aliphatic rings. The van der Waals surface area contributed by atoms with Gasteiger partial charge in [0.15, 0.2) is 0 Å². The molecule has 7 nitrogen and oxygen atoms in total. The molecule has 0 amide bonds. The second-order valence-electron chi connectivity index (χ2n) is 5.21. The number of aromatic carboxylic acids is 1. The third kappa shape index (κ3) is 2.46. The van der Waals surface area contributed by atoms with Crippen molar-refractivity contribution in [2.24, 2.45) is 0 Å². The first-order valence-corrected chi connectivity index (χ1v) is 7.96. The lowest BCUT2D eigenvalue weighted by molar-refractivity contribution is 0.0695. The third-order valence-corrected chi connectivity index (χ3v) is 4.84. The summed E-state index contributed by atoms with van der Waals surface area (Å²) in [7, 11) is 0. The fourth-order valence-electron chi connectivity index (χ4n) is 2.63. The highest BCUT2D eigenvalue weighted by atomic mass is 32.1. The summed E-state index contributed by atoms with van der Waals surface area (Å²) >= 11 is 1.51. The van der Waals surface area contributed by atoms with E-state index in [1.807, 2.05) is 35.2 Å². The molecule has 0 radical (unpaired) electrons. The number of carboxylic acids is 1. The summed E-state index contributed by atoms with van der Waals surface area (Å²) in [5.74, 6) is -0.949. The van der Waals surface area contributed by atoms with Gasteiger partial charge in [-0.1, -0.05) is 41.7 Å². The molecule has 0 aliphatic carbocycles. The monoisotopic (exact) mass is 327 g/mol. The van der Waals surface area contributed by atoms with Crippen molar-refractivity contribution in [3.8, 4) is 10.6 Å². The molecule has 2 aromatic heterocycles. The van der Waals surface area contributed by atoms with Crippen LogP contribution >= 0.6 is 11.3 Å². The van der Waals surface area contributed by atoms with E-state index in [9.17, 15) is 9.90 Å². The minimum absolute atomic E-state index is 0.252. The van der Waals surface area contributed by atoms with E-state index in [2.05, 4.69) is 15.3 Å². The molecule has 0 saturated carbocycles. The highest BCUT2D eigenvalue weighted by Gasteiger charge is 2.25. The quantitative estimate of drug-likeness (QED) is 0.793. The normalized spacial score (nSPS) is 13.8. The molecule has 1 aromatic carbocycles. The fraction of sp³-hybridized carbons (Fsp3) is 0.200. The smallest absolute Gasteiger partial charge is 0.339 e. The molecule has 0 spiro atoms. The Kier molecular flexibility index (Phi) is 3.30. The predicted molar refractivity (Wildman–Crippen MR) is 85.6 cm³/mol. The fourth-order valence-corrected chi connectivity index (χ4v) is 3.50. The van der Waals surface area contributed by atoms with E-state index in [1.54, 1.807) is 4.68 Å². The molecule has 0 bridgehead atoms. The van der Waals surface area contributed by atoms with Crippen molar-refractivity contribution in [3.05, 3.63) is 47.8 Å². The number of anilines is 1. The second-order valence-corrected chi connectivity index (χ2v) is 6.17. The van der Waals surface area contributed by atoms with Gasteiger partial charge in [-0.05, 0) is 0 Å². The van der Waals surface area contributed by atoms with Crippen molar-refractivity contribution >= 4 is 22.4 Å². The molecule has 1 N–H and O–H groups in total. The Hall–Kier alpha value is -2.74. The number of carboxylic acid groups (broad SMARTS) is 1. The second kappa shape index (κ2) is 5.47. The molecule has 0 saturated heterocycles. The van der Waals surface area contributed by atoms with E-state index in [0.29, 0.717) is 18.8 Å². The van der Waals surface area contributed by atoms with E-state index < -0.39 is 5.97 Å². The minimum Gasteiger partial charge on any atom is -0.478 e. The largest absolute Gasteiger partial charge is 0.478 e. The number of rotatable bonds is 3. The van der Waals surface area contributed by atoms with Gasteiger partial charge in [0, 0.05) is 12.1 Å². The molecule has 116 valence electrons. The first kappa shape index (κ1) is 13.9. The van der Waals surface area contributed by atoms with Gasteiger partial charge in [-0.2, -0.15) is 5.10 Å². The molecular weight excluding hydrogens is 314 g/mol. The molecular formula is C15H13N5O2S. The highest BCUT2D eigenvalue weighted by molar-refractivity contribution is 7.18. The lowest BCUT2D eigenvalue weighted by atomic mass is 10.2. The van der Waals surface area contributed by atoms with E-state index >= 15 is 0 Å². The van der Waals surface area contributed by atoms with Crippen molar-refractivity contribution in [1.82, 2.24) is 20.0 Å². The average molecular weight is 327 g/mol. The number of carbonyl (C=O) groups is 1. The van der Waals surface area contributed by atoms with Gasteiger partial charge in [-0.25, -0.2) is 4.79 Å². The Bertz CT molecular complexity index is 858. The molecule has 0 atom stereocenters. The standard InChI is InChI=1S/C15H13N5O2S/c21-14(22)11-8-16-20-7-6-19(9-12(11)20)15-18-17-13(23-15)10-4-2-1-3-5-10/h1-5,8H,6-7,9H2,(H,21,22). The van der Waals surface area contributed by atoms with Gasteiger partial charge >= 0.3 is 5.97 Å². The number of hydrogen-bond acceptors (Lipinski definition) is 6. The Balaban J connectivity index is 1.61. The Labute approximate surface area is 135 Å². The molecule has 4 rings (SSSR count). The summed E-state index contributed by atoms with van der Waals surface area (Å²) in [6.45, 7) is 1.85. The van der Waals surface area contributed by atoms with Crippen LogP contribution in [0, 0.1) is 0 Å². The summed E-state index contributed by atoms with van der Waals surface area (Å²) in [6, 6.07) is 9.89. The first-order chi connectivity index (χ1) is 11.2.